The van der Waals surface area contributed by atoms with Gasteiger partial charge in [-0.05, 0) is 25.5 Å². The second-order valence-electron chi connectivity index (χ2n) is 8.04. The highest BCUT2D eigenvalue weighted by molar-refractivity contribution is 5.75. The monoisotopic (exact) mass is 422 g/mol. The first kappa shape index (κ1) is 19.6. The molecule has 0 aromatic carbocycles. The first-order chi connectivity index (χ1) is 15.1. The van der Waals surface area contributed by atoms with Gasteiger partial charge in [-0.2, -0.15) is 14.6 Å². The van der Waals surface area contributed by atoms with Crippen molar-refractivity contribution < 1.29 is 14.2 Å². The molecule has 31 heavy (non-hydrogen) atoms. The molecule has 3 aromatic rings. The second kappa shape index (κ2) is 8.05. The summed E-state index contributed by atoms with van der Waals surface area (Å²) in [5.41, 5.74) is 1.82. The molecule has 1 N–H and O–H groups in total. The van der Waals surface area contributed by atoms with Crippen LogP contribution < -0.4 is 14.8 Å². The highest BCUT2D eigenvalue weighted by Gasteiger charge is 2.40. The van der Waals surface area contributed by atoms with Crippen molar-refractivity contribution in [3.8, 4) is 11.6 Å². The molecule has 9 nitrogen and oxygen atoms in total. The Morgan fingerprint density at radius 3 is 2.94 bits per heavy atom. The summed E-state index contributed by atoms with van der Waals surface area (Å²) in [6.07, 6.45) is 4.55. The summed E-state index contributed by atoms with van der Waals surface area (Å²) in [6, 6.07) is 7.85. The van der Waals surface area contributed by atoms with Gasteiger partial charge in [-0.3, -0.25) is 4.98 Å². The fourth-order valence-electron chi connectivity index (χ4n) is 3.94. The van der Waals surface area contributed by atoms with Crippen molar-refractivity contribution >= 4 is 17.4 Å². The molecule has 9 heteroatoms. The minimum absolute atomic E-state index is 0.00707. The smallest absolute Gasteiger partial charge is 0.219 e. The maximum Gasteiger partial charge on any atom is 0.219 e. The molecular formula is C22H26N6O3. The van der Waals surface area contributed by atoms with E-state index in [9.17, 15) is 0 Å². The number of anilines is 1. The maximum atomic E-state index is 6.06. The van der Waals surface area contributed by atoms with Gasteiger partial charge in [0, 0.05) is 36.6 Å². The average molecular weight is 422 g/mol. The number of rotatable bonds is 8. The molecule has 0 radical (unpaired) electrons. The Labute approximate surface area is 180 Å². The number of nitrogens with zero attached hydrogens (tertiary/aromatic N) is 5. The minimum Gasteiger partial charge on any atom is -0.495 e. The van der Waals surface area contributed by atoms with Crippen LogP contribution in [0.5, 0.6) is 11.6 Å². The Balaban J connectivity index is 1.22. The molecule has 1 aliphatic carbocycles. The van der Waals surface area contributed by atoms with E-state index in [-0.39, 0.29) is 12.1 Å². The maximum absolute atomic E-state index is 6.06. The van der Waals surface area contributed by atoms with Crippen molar-refractivity contribution in [1.29, 1.82) is 0 Å². The van der Waals surface area contributed by atoms with Crippen molar-refractivity contribution in [3.63, 3.8) is 0 Å². The molecular weight excluding hydrogens is 396 g/mol. The highest BCUT2D eigenvalue weighted by Crippen LogP contribution is 2.46. The summed E-state index contributed by atoms with van der Waals surface area (Å²) in [7, 11) is 1.65. The van der Waals surface area contributed by atoms with E-state index in [4.69, 9.17) is 14.2 Å². The van der Waals surface area contributed by atoms with Gasteiger partial charge in [-0.25, -0.2) is 4.99 Å². The molecule has 0 amide bonds. The van der Waals surface area contributed by atoms with Gasteiger partial charge in [0.25, 0.3) is 0 Å². The van der Waals surface area contributed by atoms with Crippen LogP contribution in [0.15, 0.2) is 41.7 Å². The molecule has 3 aromatic heterocycles. The number of methoxy groups -OCH3 is 1. The lowest BCUT2D eigenvalue weighted by Gasteiger charge is -2.17. The lowest BCUT2D eigenvalue weighted by Crippen LogP contribution is -2.29. The average Bonchev–Trinajstić information content (AvgIpc) is 3.26. The van der Waals surface area contributed by atoms with Crippen LogP contribution in [0, 0.1) is 5.92 Å². The van der Waals surface area contributed by atoms with E-state index in [0.29, 0.717) is 30.9 Å². The molecule has 1 saturated carbocycles. The first-order valence-electron chi connectivity index (χ1n) is 10.5. The van der Waals surface area contributed by atoms with Crippen molar-refractivity contribution in [2.24, 2.45) is 10.9 Å². The summed E-state index contributed by atoms with van der Waals surface area (Å²) in [4.78, 5) is 13.5. The Bertz CT molecular complexity index is 1100. The molecule has 5 rings (SSSR count). The van der Waals surface area contributed by atoms with Crippen molar-refractivity contribution in [2.75, 3.05) is 25.6 Å². The van der Waals surface area contributed by atoms with Crippen LogP contribution in [0.25, 0.3) is 5.65 Å². The van der Waals surface area contributed by atoms with Gasteiger partial charge < -0.3 is 19.5 Å². The molecule has 0 bridgehead atoms. The van der Waals surface area contributed by atoms with E-state index in [1.54, 1.807) is 24.0 Å². The van der Waals surface area contributed by atoms with Crippen LogP contribution in [0.3, 0.4) is 0 Å². The first-order valence-corrected chi connectivity index (χ1v) is 10.5. The van der Waals surface area contributed by atoms with Crippen LogP contribution in [-0.4, -0.2) is 57.9 Å². The van der Waals surface area contributed by atoms with E-state index in [1.807, 2.05) is 31.2 Å². The van der Waals surface area contributed by atoms with Gasteiger partial charge in [0.1, 0.15) is 17.7 Å². The van der Waals surface area contributed by atoms with Gasteiger partial charge >= 0.3 is 0 Å². The largest absolute Gasteiger partial charge is 0.495 e. The van der Waals surface area contributed by atoms with E-state index in [1.165, 1.54) is 0 Å². The zero-order valence-electron chi connectivity index (χ0n) is 17.9. The van der Waals surface area contributed by atoms with E-state index >= 15 is 0 Å². The fraction of sp³-hybridized carbons (Fsp3) is 0.455. The van der Waals surface area contributed by atoms with Gasteiger partial charge in [-0.15, -0.1) is 0 Å². The number of nitrogens with one attached hydrogen (secondary N) is 1. The summed E-state index contributed by atoms with van der Waals surface area (Å²) in [5.74, 6) is 3.76. The predicted octanol–water partition coefficient (Wildman–Crippen LogP) is 2.93. The van der Waals surface area contributed by atoms with E-state index in [2.05, 4.69) is 32.3 Å². The normalized spacial score (nSPS) is 24.5. The quantitative estimate of drug-likeness (QED) is 0.596. The van der Waals surface area contributed by atoms with Crippen molar-refractivity contribution in [1.82, 2.24) is 19.6 Å². The Hall–Kier alpha value is -3.36. The van der Waals surface area contributed by atoms with Crippen LogP contribution in [0.2, 0.25) is 0 Å². The van der Waals surface area contributed by atoms with Crippen LogP contribution >= 0.6 is 0 Å². The number of aromatic nitrogens is 4. The van der Waals surface area contributed by atoms with E-state index < -0.39 is 0 Å². The SMILES string of the molecule is COc1ccc([C@H]2C[C@@H]2COc2cc(NCC3OC(C)=NC3C)n3nccc3n2)nc1. The summed E-state index contributed by atoms with van der Waals surface area (Å²) in [6.45, 7) is 5.16. The van der Waals surface area contributed by atoms with Crippen LogP contribution in [-0.2, 0) is 4.74 Å². The Morgan fingerprint density at radius 2 is 2.19 bits per heavy atom. The van der Waals surface area contributed by atoms with Gasteiger partial charge in [0.2, 0.25) is 5.88 Å². The van der Waals surface area contributed by atoms with E-state index in [0.717, 1.165) is 35.2 Å². The van der Waals surface area contributed by atoms with Crippen LogP contribution in [0.4, 0.5) is 5.82 Å². The lowest BCUT2D eigenvalue weighted by atomic mass is 10.2. The lowest BCUT2D eigenvalue weighted by molar-refractivity contribution is 0.209. The topological polar surface area (TPSA) is 95.2 Å². The molecule has 1 fully saturated rings. The number of fused-ring (bicyclic) bond motifs is 1. The van der Waals surface area contributed by atoms with Crippen molar-refractivity contribution in [2.45, 2.75) is 38.3 Å². The highest BCUT2D eigenvalue weighted by atomic mass is 16.5. The zero-order chi connectivity index (χ0) is 21.4. The molecule has 0 spiro atoms. The summed E-state index contributed by atoms with van der Waals surface area (Å²) >= 11 is 0. The summed E-state index contributed by atoms with van der Waals surface area (Å²) < 4.78 is 18.8. The third kappa shape index (κ3) is 4.12. The van der Waals surface area contributed by atoms with Gasteiger partial charge in [0.05, 0.1) is 38.7 Å². The molecule has 162 valence electrons. The molecule has 4 heterocycles. The van der Waals surface area contributed by atoms with Crippen molar-refractivity contribution in [3.05, 3.63) is 42.4 Å². The van der Waals surface area contributed by atoms with Gasteiger partial charge in [0.15, 0.2) is 11.5 Å². The molecule has 1 aliphatic heterocycles. The number of aliphatic imine (C=N–C) groups is 1. The molecule has 0 saturated heterocycles. The third-order valence-corrected chi connectivity index (χ3v) is 5.81. The predicted molar refractivity (Wildman–Crippen MR) is 116 cm³/mol. The molecule has 4 atom stereocenters. The minimum atomic E-state index is -0.00707. The van der Waals surface area contributed by atoms with Gasteiger partial charge in [-0.1, -0.05) is 0 Å². The number of pyridine rings is 1. The third-order valence-electron chi connectivity index (χ3n) is 5.81. The fourth-order valence-corrected chi connectivity index (χ4v) is 3.94. The Morgan fingerprint density at radius 1 is 1.29 bits per heavy atom. The molecule has 2 unspecified atom stereocenters. The zero-order valence-corrected chi connectivity index (χ0v) is 17.9. The number of hydrogen-bond acceptors (Lipinski definition) is 8. The number of hydrogen-bond donors (Lipinski definition) is 1. The summed E-state index contributed by atoms with van der Waals surface area (Å²) in [5, 5.41) is 7.78. The Kier molecular flexibility index (Phi) is 5.09. The standard InChI is InChI=1S/C22H26N6O3/c1-13-19(31-14(2)26-13)11-24-21-9-22(27-20-6-7-25-28(20)21)30-12-15-8-17(15)18-5-4-16(29-3)10-23-18/h4-7,9-10,13,15,17,19,24H,8,11-12H2,1-3H3/t13?,15-,17+,19?/m1/s1. The second-order valence-corrected chi connectivity index (χ2v) is 8.04. The number of ether oxygens (including phenoxy) is 3. The van der Waals surface area contributed by atoms with Crippen LogP contribution in [0.1, 0.15) is 31.9 Å². The molecule has 2 aliphatic rings.